The predicted molar refractivity (Wildman–Crippen MR) is 152 cm³/mol. The molecule has 1 unspecified atom stereocenters. The van der Waals surface area contributed by atoms with Gasteiger partial charge in [0.05, 0.1) is 27.9 Å². The van der Waals surface area contributed by atoms with E-state index in [1.165, 1.54) is 21.3 Å². The van der Waals surface area contributed by atoms with Crippen molar-refractivity contribution in [1.29, 1.82) is 0 Å². The van der Waals surface area contributed by atoms with E-state index in [4.69, 9.17) is 18.9 Å². The molecule has 3 aromatic carbocycles. The molecule has 9 nitrogen and oxygen atoms in total. The molecule has 0 bridgehead atoms. The number of fused-ring (bicyclic) bond motifs is 3. The van der Waals surface area contributed by atoms with Crippen LogP contribution in [-0.2, 0) is 25.6 Å². The highest BCUT2D eigenvalue weighted by Crippen LogP contribution is 2.44. The van der Waals surface area contributed by atoms with E-state index in [9.17, 15) is 14.4 Å². The van der Waals surface area contributed by atoms with Gasteiger partial charge in [0.1, 0.15) is 12.6 Å². The molecule has 0 saturated heterocycles. The summed E-state index contributed by atoms with van der Waals surface area (Å²) in [5, 5.41) is 5.33. The molecule has 1 amide bonds. The maximum Gasteiger partial charge on any atom is 0.407 e. The Morgan fingerprint density at radius 1 is 0.900 bits per heavy atom. The summed E-state index contributed by atoms with van der Waals surface area (Å²) < 4.78 is 21.1. The van der Waals surface area contributed by atoms with Crippen LogP contribution in [0, 0.1) is 0 Å². The van der Waals surface area contributed by atoms with Gasteiger partial charge in [-0.05, 0) is 58.6 Å². The lowest BCUT2D eigenvalue weighted by Crippen LogP contribution is -2.34. The van der Waals surface area contributed by atoms with Crippen LogP contribution in [0.5, 0.6) is 11.5 Å². The Morgan fingerprint density at radius 2 is 1.50 bits per heavy atom. The number of thioether (sulfide) groups is 1. The van der Waals surface area contributed by atoms with Crippen molar-refractivity contribution in [1.82, 2.24) is 10.6 Å². The van der Waals surface area contributed by atoms with Crippen molar-refractivity contribution >= 4 is 28.9 Å². The van der Waals surface area contributed by atoms with E-state index in [0.29, 0.717) is 22.0 Å². The molecule has 0 heterocycles. The van der Waals surface area contributed by atoms with Crippen LogP contribution in [0.4, 0.5) is 4.79 Å². The Labute approximate surface area is 237 Å². The molecule has 0 fully saturated rings. The maximum atomic E-state index is 12.8. The molecule has 0 spiro atoms. The number of hydrogen-bond acceptors (Lipinski definition) is 9. The first-order chi connectivity index (χ1) is 19.4. The molecule has 40 heavy (non-hydrogen) atoms. The zero-order chi connectivity index (χ0) is 28.6. The van der Waals surface area contributed by atoms with E-state index in [-0.39, 0.29) is 30.7 Å². The number of carbonyl (C=O) groups excluding carboxylic acids is 3. The molecule has 0 saturated carbocycles. The van der Waals surface area contributed by atoms with Crippen LogP contribution in [0.2, 0.25) is 0 Å². The molecule has 10 heteroatoms. The van der Waals surface area contributed by atoms with Crippen molar-refractivity contribution in [2.24, 2.45) is 0 Å². The second-order valence-corrected chi connectivity index (χ2v) is 10.2. The normalized spacial score (nSPS) is 12.6. The van der Waals surface area contributed by atoms with Gasteiger partial charge in [0.2, 0.25) is 5.12 Å². The molecule has 4 rings (SSSR count). The van der Waals surface area contributed by atoms with E-state index in [0.717, 1.165) is 34.0 Å². The topological polar surface area (TPSA) is 112 Å². The lowest BCUT2D eigenvalue weighted by atomic mass is 9.98. The van der Waals surface area contributed by atoms with E-state index < -0.39 is 18.1 Å². The molecular formula is C30H32N2O7S. The third-order valence-corrected chi connectivity index (χ3v) is 7.64. The van der Waals surface area contributed by atoms with Crippen molar-refractivity contribution in [3.63, 3.8) is 0 Å². The van der Waals surface area contributed by atoms with Gasteiger partial charge in [-0.3, -0.25) is 9.59 Å². The Bertz CT molecular complexity index is 1350. The van der Waals surface area contributed by atoms with Crippen molar-refractivity contribution < 1.29 is 33.3 Å². The molecule has 3 aromatic rings. The van der Waals surface area contributed by atoms with Crippen LogP contribution in [0.3, 0.4) is 0 Å². The summed E-state index contributed by atoms with van der Waals surface area (Å²) >= 11 is 0.951. The molecule has 0 aliphatic heterocycles. The second kappa shape index (κ2) is 13.4. The Balaban J connectivity index is 1.36. The minimum absolute atomic E-state index is 0.0718. The van der Waals surface area contributed by atoms with E-state index in [1.807, 2.05) is 36.4 Å². The number of benzene rings is 3. The van der Waals surface area contributed by atoms with Crippen LogP contribution in [0.25, 0.3) is 11.1 Å². The first-order valence-corrected chi connectivity index (χ1v) is 13.5. The molecule has 1 atom stereocenters. The van der Waals surface area contributed by atoms with Crippen molar-refractivity contribution in [2.75, 3.05) is 34.5 Å². The average molecular weight is 565 g/mol. The van der Waals surface area contributed by atoms with Gasteiger partial charge in [-0.2, -0.15) is 0 Å². The molecule has 1 aliphatic rings. The standard InChI is InChI=1S/C30H32N2O7S/c1-18(29(34)38-4)31-15-19-13-25(36-2)26(37-3)14-27(19)40-28(33)16-32-30(35)39-17-24-22-11-7-5-9-20(22)21-10-6-8-12-23(21)24/h5-14,18,24,31H,15-17H2,1-4H3,(H,32,35). The Hall–Kier alpha value is -4.02. The minimum atomic E-state index is -0.670. The van der Waals surface area contributed by atoms with Gasteiger partial charge < -0.3 is 29.6 Å². The molecule has 0 radical (unpaired) electrons. The van der Waals surface area contributed by atoms with Crippen LogP contribution in [0.1, 0.15) is 29.5 Å². The molecule has 210 valence electrons. The molecule has 2 N–H and O–H groups in total. The summed E-state index contributed by atoms with van der Waals surface area (Å²) in [4.78, 5) is 37.7. The number of alkyl carbamates (subject to hydrolysis) is 1. The fraction of sp³-hybridized carbons (Fsp3) is 0.300. The number of carbonyl (C=O) groups is 3. The fourth-order valence-electron chi connectivity index (χ4n) is 4.61. The zero-order valence-electron chi connectivity index (χ0n) is 22.8. The summed E-state index contributed by atoms with van der Waals surface area (Å²) in [7, 11) is 4.34. The maximum absolute atomic E-state index is 12.8. The highest BCUT2D eigenvalue weighted by Gasteiger charge is 2.29. The van der Waals surface area contributed by atoms with Crippen LogP contribution in [-0.4, -0.2) is 57.7 Å². The van der Waals surface area contributed by atoms with Crippen LogP contribution >= 0.6 is 11.8 Å². The highest BCUT2D eigenvalue weighted by molar-refractivity contribution is 8.13. The van der Waals surface area contributed by atoms with Crippen molar-refractivity contribution in [3.05, 3.63) is 77.4 Å². The van der Waals surface area contributed by atoms with Crippen LogP contribution in [0.15, 0.2) is 65.6 Å². The van der Waals surface area contributed by atoms with E-state index in [1.54, 1.807) is 19.1 Å². The zero-order valence-corrected chi connectivity index (χ0v) is 23.6. The lowest BCUT2D eigenvalue weighted by Gasteiger charge is -2.17. The smallest absolute Gasteiger partial charge is 0.407 e. The largest absolute Gasteiger partial charge is 0.493 e. The number of ether oxygens (including phenoxy) is 4. The SMILES string of the molecule is COC(=O)C(C)NCc1cc(OC)c(OC)cc1SC(=O)CNC(=O)OCC1c2ccccc2-c2ccccc21. The van der Waals surface area contributed by atoms with Gasteiger partial charge in [-0.1, -0.05) is 48.5 Å². The van der Waals surface area contributed by atoms with Crippen LogP contribution < -0.4 is 20.1 Å². The number of amides is 1. The van der Waals surface area contributed by atoms with Gasteiger partial charge in [0, 0.05) is 17.4 Å². The average Bonchev–Trinajstić information content (AvgIpc) is 3.30. The first-order valence-electron chi connectivity index (χ1n) is 12.7. The molecular weight excluding hydrogens is 532 g/mol. The molecule has 0 aromatic heterocycles. The second-order valence-electron chi connectivity index (χ2n) is 9.09. The molecule has 1 aliphatic carbocycles. The number of hydrogen-bond donors (Lipinski definition) is 2. The quantitative estimate of drug-likeness (QED) is 0.257. The van der Waals surface area contributed by atoms with Gasteiger partial charge in [-0.25, -0.2) is 4.79 Å². The van der Waals surface area contributed by atoms with E-state index in [2.05, 4.69) is 22.8 Å². The minimum Gasteiger partial charge on any atom is -0.493 e. The van der Waals surface area contributed by atoms with Gasteiger partial charge in [0.15, 0.2) is 11.5 Å². The number of rotatable bonds is 11. The Morgan fingerprint density at radius 3 is 2.10 bits per heavy atom. The van der Waals surface area contributed by atoms with Gasteiger partial charge in [0.25, 0.3) is 0 Å². The van der Waals surface area contributed by atoms with Crippen molar-refractivity contribution in [2.45, 2.75) is 30.3 Å². The Kier molecular flexibility index (Phi) is 9.68. The predicted octanol–water partition coefficient (Wildman–Crippen LogP) is 4.51. The third kappa shape index (κ3) is 6.57. The fourth-order valence-corrected chi connectivity index (χ4v) is 5.43. The van der Waals surface area contributed by atoms with E-state index >= 15 is 0 Å². The summed E-state index contributed by atoms with van der Waals surface area (Å²) in [6.07, 6.45) is -0.670. The number of methoxy groups -OCH3 is 3. The first kappa shape index (κ1) is 29.0. The summed E-state index contributed by atoms with van der Waals surface area (Å²) in [6.45, 7) is 1.88. The third-order valence-electron chi connectivity index (χ3n) is 6.66. The monoisotopic (exact) mass is 564 g/mol. The number of nitrogens with one attached hydrogen (secondary N) is 2. The van der Waals surface area contributed by atoms with Gasteiger partial charge >= 0.3 is 12.1 Å². The summed E-state index contributed by atoms with van der Waals surface area (Å²) in [6, 6.07) is 19.0. The number of esters is 1. The summed E-state index contributed by atoms with van der Waals surface area (Å²) in [5.74, 6) is 0.459. The lowest BCUT2D eigenvalue weighted by molar-refractivity contribution is -0.142. The summed E-state index contributed by atoms with van der Waals surface area (Å²) in [5.41, 5.74) is 5.21. The highest BCUT2D eigenvalue weighted by atomic mass is 32.2. The van der Waals surface area contributed by atoms with Crippen molar-refractivity contribution in [3.8, 4) is 22.6 Å². The van der Waals surface area contributed by atoms with Gasteiger partial charge in [-0.15, -0.1) is 0 Å².